The standard InChI is InChI=1S/C10H12O5/c1-4-14-10(13)9(7(2)5-11)15-8(3)6-12/h9H,4H2,1-3H3. The van der Waals surface area contributed by atoms with Gasteiger partial charge in [0.2, 0.25) is 6.10 Å². The zero-order valence-corrected chi connectivity index (χ0v) is 8.83. The van der Waals surface area contributed by atoms with Gasteiger partial charge in [-0.1, -0.05) is 0 Å². The van der Waals surface area contributed by atoms with Crippen molar-refractivity contribution >= 4 is 17.9 Å². The van der Waals surface area contributed by atoms with Crippen molar-refractivity contribution in [2.45, 2.75) is 26.9 Å². The van der Waals surface area contributed by atoms with Crippen molar-refractivity contribution in [3.8, 4) is 0 Å². The lowest BCUT2D eigenvalue weighted by atomic mass is 10.2. The van der Waals surface area contributed by atoms with Crippen LogP contribution in [0.1, 0.15) is 20.8 Å². The largest absolute Gasteiger partial charge is 0.467 e. The van der Waals surface area contributed by atoms with Crippen molar-refractivity contribution in [3.63, 3.8) is 0 Å². The molecule has 0 aromatic carbocycles. The zero-order chi connectivity index (χ0) is 11.8. The molecule has 5 nitrogen and oxygen atoms in total. The van der Waals surface area contributed by atoms with E-state index in [4.69, 9.17) is 4.74 Å². The van der Waals surface area contributed by atoms with Gasteiger partial charge >= 0.3 is 5.97 Å². The van der Waals surface area contributed by atoms with Crippen molar-refractivity contribution in [2.24, 2.45) is 0 Å². The van der Waals surface area contributed by atoms with Gasteiger partial charge in [0.1, 0.15) is 5.94 Å². The first-order chi connectivity index (χ1) is 7.06. The summed E-state index contributed by atoms with van der Waals surface area (Å²) in [7, 11) is 0. The number of carbonyl (C=O) groups is 1. The van der Waals surface area contributed by atoms with Crippen molar-refractivity contribution in [1.82, 2.24) is 0 Å². The molecule has 15 heavy (non-hydrogen) atoms. The van der Waals surface area contributed by atoms with Crippen LogP contribution in [0.2, 0.25) is 0 Å². The molecule has 0 heterocycles. The fraction of sp³-hybridized carbons (Fsp3) is 0.500. The summed E-state index contributed by atoms with van der Waals surface area (Å²) in [6.45, 7) is 4.48. The summed E-state index contributed by atoms with van der Waals surface area (Å²) in [6, 6.07) is 0. The number of allylic oxidation sites excluding steroid dienone is 1. The van der Waals surface area contributed by atoms with Gasteiger partial charge in [-0.05, 0) is 13.8 Å². The van der Waals surface area contributed by atoms with Crippen LogP contribution < -0.4 is 0 Å². The molecule has 0 amide bonds. The van der Waals surface area contributed by atoms with Crippen molar-refractivity contribution in [2.75, 3.05) is 6.61 Å². The van der Waals surface area contributed by atoms with E-state index in [2.05, 4.69) is 4.74 Å². The van der Waals surface area contributed by atoms with E-state index in [0.717, 1.165) is 0 Å². The first-order valence-electron chi connectivity index (χ1n) is 4.33. The van der Waals surface area contributed by atoms with Crippen LogP contribution in [0.25, 0.3) is 0 Å². The number of carbonyl (C=O) groups excluding carboxylic acids is 3. The van der Waals surface area contributed by atoms with E-state index < -0.39 is 12.1 Å². The van der Waals surface area contributed by atoms with Crippen LogP contribution in [0.5, 0.6) is 0 Å². The first kappa shape index (κ1) is 13.2. The van der Waals surface area contributed by atoms with Gasteiger partial charge in [-0.25, -0.2) is 14.4 Å². The van der Waals surface area contributed by atoms with E-state index in [1.165, 1.54) is 25.7 Å². The maximum absolute atomic E-state index is 11.3. The molecular formula is C10H12O5. The van der Waals surface area contributed by atoms with Gasteiger partial charge in [0.05, 0.1) is 12.2 Å². The number of esters is 1. The SMILES string of the molecule is CCOC(=O)C(OC(C)=C=O)C(C)=C=O. The summed E-state index contributed by atoms with van der Waals surface area (Å²) in [5.74, 6) is 2.15. The molecule has 0 saturated carbocycles. The molecular weight excluding hydrogens is 200 g/mol. The average molecular weight is 212 g/mol. The average Bonchev–Trinajstić information content (AvgIpc) is 2.24. The zero-order valence-electron chi connectivity index (χ0n) is 8.83. The highest BCUT2D eigenvalue weighted by Crippen LogP contribution is 2.09. The molecule has 0 aliphatic carbocycles. The fourth-order valence-electron chi connectivity index (χ4n) is 0.786. The van der Waals surface area contributed by atoms with Gasteiger partial charge in [-0.15, -0.1) is 0 Å². The Hall–Kier alpha value is -1.83. The summed E-state index contributed by atoms with van der Waals surface area (Å²) in [5, 5.41) is 0. The first-order valence-corrected chi connectivity index (χ1v) is 4.33. The van der Waals surface area contributed by atoms with E-state index in [1.807, 2.05) is 0 Å². The van der Waals surface area contributed by atoms with E-state index in [0.29, 0.717) is 0 Å². The second-order valence-corrected chi connectivity index (χ2v) is 2.69. The lowest BCUT2D eigenvalue weighted by Gasteiger charge is -2.14. The van der Waals surface area contributed by atoms with Crippen LogP contribution >= 0.6 is 0 Å². The second-order valence-electron chi connectivity index (χ2n) is 2.69. The Bertz CT molecular complexity index is 332. The fourth-order valence-corrected chi connectivity index (χ4v) is 0.786. The van der Waals surface area contributed by atoms with Crippen LogP contribution in [-0.4, -0.2) is 30.6 Å². The predicted octanol–water partition coefficient (Wildman–Crippen LogP) is 0.448. The summed E-state index contributed by atoms with van der Waals surface area (Å²) in [6.07, 6.45) is -1.22. The molecule has 0 aliphatic heterocycles. The number of rotatable bonds is 5. The third-order valence-electron chi connectivity index (χ3n) is 1.49. The highest BCUT2D eigenvalue weighted by atomic mass is 16.6. The molecule has 0 fully saturated rings. The van der Waals surface area contributed by atoms with E-state index >= 15 is 0 Å². The van der Waals surface area contributed by atoms with Crippen LogP contribution in [0.15, 0.2) is 11.3 Å². The quantitative estimate of drug-likeness (QED) is 0.376. The molecule has 0 spiro atoms. The molecule has 0 aliphatic rings. The summed E-state index contributed by atoms with van der Waals surface area (Å²) in [4.78, 5) is 31.9. The smallest absolute Gasteiger partial charge is 0.352 e. The molecule has 1 atom stereocenters. The highest BCUT2D eigenvalue weighted by Gasteiger charge is 2.25. The van der Waals surface area contributed by atoms with Crippen LogP contribution in [0.4, 0.5) is 0 Å². The number of hydrogen-bond acceptors (Lipinski definition) is 5. The molecule has 0 aromatic rings. The lowest BCUT2D eigenvalue weighted by Crippen LogP contribution is -2.27. The lowest BCUT2D eigenvalue weighted by molar-refractivity contribution is -0.151. The monoisotopic (exact) mass is 212 g/mol. The Labute approximate surface area is 87.4 Å². The maximum atomic E-state index is 11.3. The molecule has 0 radical (unpaired) electrons. The van der Waals surface area contributed by atoms with E-state index in [1.54, 1.807) is 6.92 Å². The Morgan fingerprint density at radius 3 is 2.27 bits per heavy atom. The Morgan fingerprint density at radius 1 is 1.27 bits per heavy atom. The van der Waals surface area contributed by atoms with Gasteiger partial charge in [0.25, 0.3) is 0 Å². The number of ether oxygens (including phenoxy) is 2. The predicted molar refractivity (Wildman–Crippen MR) is 51.3 cm³/mol. The minimum absolute atomic E-state index is 0.0167. The summed E-state index contributed by atoms with van der Waals surface area (Å²) >= 11 is 0. The molecule has 0 saturated heterocycles. The third-order valence-corrected chi connectivity index (χ3v) is 1.49. The van der Waals surface area contributed by atoms with Gasteiger partial charge in [0.15, 0.2) is 11.7 Å². The maximum Gasteiger partial charge on any atom is 0.352 e. The second kappa shape index (κ2) is 6.60. The van der Waals surface area contributed by atoms with E-state index in [-0.39, 0.29) is 17.9 Å². The highest BCUT2D eigenvalue weighted by molar-refractivity contribution is 5.81. The van der Waals surface area contributed by atoms with Crippen LogP contribution in [0, 0.1) is 0 Å². The van der Waals surface area contributed by atoms with Crippen LogP contribution in [-0.2, 0) is 23.9 Å². The van der Waals surface area contributed by atoms with Crippen molar-refractivity contribution in [3.05, 3.63) is 11.3 Å². The minimum Gasteiger partial charge on any atom is -0.467 e. The van der Waals surface area contributed by atoms with Gasteiger partial charge < -0.3 is 9.47 Å². The molecule has 5 heteroatoms. The van der Waals surface area contributed by atoms with E-state index in [9.17, 15) is 14.4 Å². The Kier molecular flexibility index (Phi) is 5.79. The van der Waals surface area contributed by atoms with Crippen LogP contribution in [0.3, 0.4) is 0 Å². The van der Waals surface area contributed by atoms with Crippen molar-refractivity contribution < 1.29 is 23.9 Å². The Morgan fingerprint density at radius 2 is 1.87 bits per heavy atom. The van der Waals surface area contributed by atoms with Gasteiger partial charge in [0, 0.05) is 6.92 Å². The Balaban J connectivity index is 4.81. The normalized spacial score (nSPS) is 10.6. The van der Waals surface area contributed by atoms with Gasteiger partial charge in [-0.3, -0.25) is 0 Å². The molecule has 82 valence electrons. The molecule has 0 N–H and O–H groups in total. The molecule has 0 bridgehead atoms. The molecule has 0 aromatic heterocycles. The van der Waals surface area contributed by atoms with Crippen molar-refractivity contribution in [1.29, 1.82) is 0 Å². The molecule has 0 rings (SSSR count). The topological polar surface area (TPSA) is 69.7 Å². The molecule has 1 unspecified atom stereocenters. The van der Waals surface area contributed by atoms with Gasteiger partial charge in [-0.2, -0.15) is 0 Å². The summed E-state index contributed by atoms with van der Waals surface area (Å²) < 4.78 is 9.55. The third kappa shape index (κ3) is 4.27. The minimum atomic E-state index is -1.22. The number of hydrogen-bond donors (Lipinski definition) is 0. The summed E-state index contributed by atoms with van der Waals surface area (Å²) in [5.41, 5.74) is 0.0167.